The highest BCUT2D eigenvalue weighted by Crippen LogP contribution is 2.27. The van der Waals surface area contributed by atoms with Crippen LogP contribution < -0.4 is 10.6 Å². The molecule has 0 saturated carbocycles. The average Bonchev–Trinajstić information content (AvgIpc) is 3.10. The van der Waals surface area contributed by atoms with Crippen molar-refractivity contribution >= 4 is 22.8 Å². The normalized spacial score (nSPS) is 13.1. The zero-order chi connectivity index (χ0) is 19.4. The van der Waals surface area contributed by atoms with Crippen molar-refractivity contribution in [1.82, 2.24) is 10.6 Å². The lowest BCUT2D eigenvalue weighted by molar-refractivity contribution is -0.140. The van der Waals surface area contributed by atoms with E-state index in [1.807, 2.05) is 18.2 Å². The van der Waals surface area contributed by atoms with Gasteiger partial charge < -0.3 is 20.2 Å². The number of halogens is 1. The van der Waals surface area contributed by atoms with E-state index in [9.17, 15) is 19.1 Å². The maximum absolute atomic E-state index is 12.9. The van der Waals surface area contributed by atoms with E-state index in [-0.39, 0.29) is 24.7 Å². The van der Waals surface area contributed by atoms with Crippen LogP contribution in [0.3, 0.4) is 0 Å². The first-order valence-electron chi connectivity index (χ1n) is 8.37. The van der Waals surface area contributed by atoms with Gasteiger partial charge in [0.2, 0.25) is 0 Å². The molecule has 0 fully saturated rings. The molecule has 1 atom stereocenters. The second kappa shape index (κ2) is 7.59. The summed E-state index contributed by atoms with van der Waals surface area (Å²) in [7, 11) is 0. The summed E-state index contributed by atoms with van der Waals surface area (Å²) < 4.78 is 18.5. The van der Waals surface area contributed by atoms with E-state index < -0.39 is 17.4 Å². The summed E-state index contributed by atoms with van der Waals surface area (Å²) in [5.74, 6) is -1.82. The van der Waals surface area contributed by atoms with Gasteiger partial charge in [0, 0.05) is 11.9 Å². The van der Waals surface area contributed by atoms with Crippen LogP contribution in [0.1, 0.15) is 18.2 Å². The number of hydrogen-bond acceptors (Lipinski definition) is 4. The Morgan fingerprint density at radius 3 is 2.44 bits per heavy atom. The molecule has 6 nitrogen and oxygen atoms in total. The Morgan fingerprint density at radius 1 is 1.07 bits per heavy atom. The molecule has 0 spiro atoms. The molecule has 140 valence electrons. The smallest absolute Gasteiger partial charge is 0.309 e. The predicted octanol–water partition coefficient (Wildman–Crippen LogP) is 2.21. The van der Waals surface area contributed by atoms with Crippen molar-refractivity contribution < 1.29 is 23.5 Å². The molecular weight excluding hydrogens is 351 g/mol. The number of furan rings is 1. The van der Waals surface area contributed by atoms with Gasteiger partial charge in [0.25, 0.3) is 0 Å². The minimum absolute atomic E-state index is 0.0898. The lowest BCUT2D eigenvalue weighted by atomic mass is 10.0. The zero-order valence-corrected chi connectivity index (χ0v) is 14.7. The number of aliphatic hydroxyl groups is 1. The Hall–Kier alpha value is -3.19. The monoisotopic (exact) mass is 370 g/mol. The Bertz CT molecular complexity index is 931. The molecule has 1 aromatic heterocycles. The number of rotatable bonds is 5. The van der Waals surface area contributed by atoms with Gasteiger partial charge in [0.15, 0.2) is 0 Å². The first-order chi connectivity index (χ1) is 12.8. The Morgan fingerprint density at radius 2 is 1.74 bits per heavy atom. The molecule has 0 aliphatic heterocycles. The van der Waals surface area contributed by atoms with Crippen LogP contribution in [0.4, 0.5) is 4.39 Å². The van der Waals surface area contributed by atoms with Gasteiger partial charge in [-0.25, -0.2) is 4.39 Å². The summed E-state index contributed by atoms with van der Waals surface area (Å²) in [5, 5.41) is 16.2. The average molecular weight is 370 g/mol. The van der Waals surface area contributed by atoms with Crippen molar-refractivity contribution in [1.29, 1.82) is 0 Å². The molecule has 27 heavy (non-hydrogen) atoms. The number of carbonyl (C=O) groups is 2. The Balaban J connectivity index is 1.55. The second-order valence-corrected chi connectivity index (χ2v) is 6.41. The van der Waals surface area contributed by atoms with Crippen LogP contribution in [0.2, 0.25) is 0 Å². The summed E-state index contributed by atoms with van der Waals surface area (Å²) in [6.45, 7) is 1.38. The van der Waals surface area contributed by atoms with Gasteiger partial charge >= 0.3 is 11.8 Å². The highest BCUT2D eigenvalue weighted by molar-refractivity contribution is 6.35. The number of carbonyl (C=O) groups excluding carboxylic acids is 2. The fourth-order valence-corrected chi connectivity index (χ4v) is 2.53. The molecule has 0 saturated heterocycles. The van der Waals surface area contributed by atoms with Crippen molar-refractivity contribution in [3.63, 3.8) is 0 Å². The molecule has 0 aliphatic rings. The number of nitrogens with one attached hydrogen (secondary N) is 2. The zero-order valence-electron chi connectivity index (χ0n) is 14.7. The van der Waals surface area contributed by atoms with E-state index >= 15 is 0 Å². The molecule has 7 heteroatoms. The minimum atomic E-state index is -1.48. The molecule has 1 heterocycles. The molecule has 3 N–H and O–H groups in total. The van der Waals surface area contributed by atoms with Crippen LogP contribution in [0.25, 0.3) is 11.0 Å². The Labute approximate surface area is 155 Å². The first-order valence-corrected chi connectivity index (χ1v) is 8.37. The second-order valence-electron chi connectivity index (χ2n) is 6.41. The van der Waals surface area contributed by atoms with E-state index in [1.54, 1.807) is 12.1 Å². The van der Waals surface area contributed by atoms with Crippen molar-refractivity contribution in [3.8, 4) is 0 Å². The quantitative estimate of drug-likeness (QED) is 0.601. The van der Waals surface area contributed by atoms with Gasteiger partial charge in [-0.2, -0.15) is 0 Å². The minimum Gasteiger partial charge on any atom is -0.458 e. The van der Waals surface area contributed by atoms with Crippen LogP contribution in [0.5, 0.6) is 0 Å². The van der Waals surface area contributed by atoms with Gasteiger partial charge in [0.1, 0.15) is 22.8 Å². The SMILES string of the molecule is CC(O)(CNC(=O)C(=O)NCc1ccc(F)cc1)c1cc2ccccc2o1. The largest absolute Gasteiger partial charge is 0.458 e. The van der Waals surface area contributed by atoms with Crippen LogP contribution in [-0.2, 0) is 21.7 Å². The summed E-state index contributed by atoms with van der Waals surface area (Å²) >= 11 is 0. The van der Waals surface area contributed by atoms with Crippen LogP contribution in [0, 0.1) is 5.82 Å². The highest BCUT2D eigenvalue weighted by Gasteiger charge is 2.29. The molecule has 3 aromatic rings. The third kappa shape index (κ3) is 4.51. The van der Waals surface area contributed by atoms with E-state index in [0.717, 1.165) is 5.39 Å². The van der Waals surface area contributed by atoms with E-state index in [0.29, 0.717) is 11.1 Å². The fraction of sp³-hybridized carbons (Fsp3) is 0.200. The first kappa shape index (κ1) is 18.6. The molecular formula is C20H19FN2O4. The highest BCUT2D eigenvalue weighted by atomic mass is 19.1. The van der Waals surface area contributed by atoms with Gasteiger partial charge in [-0.05, 0) is 36.8 Å². The number of benzene rings is 2. The summed E-state index contributed by atoms with van der Waals surface area (Å²) in [6.07, 6.45) is 0. The van der Waals surface area contributed by atoms with E-state index in [1.165, 1.54) is 31.2 Å². The molecule has 2 aromatic carbocycles. The third-order valence-electron chi connectivity index (χ3n) is 4.12. The van der Waals surface area contributed by atoms with Crippen LogP contribution in [0.15, 0.2) is 59.0 Å². The number of fused-ring (bicyclic) bond motifs is 1. The molecule has 0 radical (unpaired) electrons. The Kier molecular flexibility index (Phi) is 5.23. The topological polar surface area (TPSA) is 91.6 Å². The van der Waals surface area contributed by atoms with E-state index in [4.69, 9.17) is 4.42 Å². The summed E-state index contributed by atoms with van der Waals surface area (Å²) in [6, 6.07) is 14.5. The molecule has 3 rings (SSSR count). The summed E-state index contributed by atoms with van der Waals surface area (Å²) in [4.78, 5) is 23.8. The standard InChI is InChI=1S/C20H19FN2O4/c1-20(26,17-10-14-4-2-3-5-16(14)27-17)12-23-19(25)18(24)22-11-13-6-8-15(21)9-7-13/h2-10,26H,11-12H2,1H3,(H,22,24)(H,23,25). The van der Waals surface area contributed by atoms with Crippen molar-refractivity contribution in [2.45, 2.75) is 19.1 Å². The number of para-hydroxylation sites is 1. The molecule has 1 unspecified atom stereocenters. The van der Waals surface area contributed by atoms with Gasteiger partial charge in [-0.3, -0.25) is 9.59 Å². The number of hydrogen-bond donors (Lipinski definition) is 3. The van der Waals surface area contributed by atoms with Crippen LogP contribution in [-0.4, -0.2) is 23.5 Å². The van der Waals surface area contributed by atoms with Gasteiger partial charge in [0.05, 0.1) is 6.54 Å². The molecule has 0 aliphatic carbocycles. The maximum Gasteiger partial charge on any atom is 0.309 e. The molecule has 0 bridgehead atoms. The van der Waals surface area contributed by atoms with Gasteiger partial charge in [-0.15, -0.1) is 0 Å². The van der Waals surface area contributed by atoms with Gasteiger partial charge in [-0.1, -0.05) is 30.3 Å². The van der Waals surface area contributed by atoms with E-state index in [2.05, 4.69) is 10.6 Å². The fourth-order valence-electron chi connectivity index (χ4n) is 2.53. The van der Waals surface area contributed by atoms with Crippen molar-refractivity contribution in [2.75, 3.05) is 6.54 Å². The summed E-state index contributed by atoms with van der Waals surface area (Å²) in [5.41, 5.74) is -0.200. The van der Waals surface area contributed by atoms with Crippen LogP contribution >= 0.6 is 0 Å². The van der Waals surface area contributed by atoms with Crippen molar-refractivity contribution in [3.05, 3.63) is 71.7 Å². The third-order valence-corrected chi connectivity index (χ3v) is 4.12. The van der Waals surface area contributed by atoms with Crippen molar-refractivity contribution in [2.24, 2.45) is 0 Å². The predicted molar refractivity (Wildman–Crippen MR) is 97.0 cm³/mol. The maximum atomic E-state index is 12.9. The number of amides is 2. The lowest BCUT2D eigenvalue weighted by Crippen LogP contribution is -2.45. The lowest BCUT2D eigenvalue weighted by Gasteiger charge is -2.20. The molecule has 2 amide bonds.